The van der Waals surface area contributed by atoms with Gasteiger partial charge in [-0.3, -0.25) is 14.9 Å². The van der Waals surface area contributed by atoms with Crippen molar-refractivity contribution < 1.29 is 18.8 Å². The van der Waals surface area contributed by atoms with E-state index in [-0.39, 0.29) is 11.8 Å². The molecule has 1 amide bonds. The Morgan fingerprint density at radius 2 is 2.22 bits per heavy atom. The highest BCUT2D eigenvalue weighted by molar-refractivity contribution is 5.91. The van der Waals surface area contributed by atoms with Gasteiger partial charge in [0, 0.05) is 24.2 Å². The van der Waals surface area contributed by atoms with E-state index in [0.717, 1.165) is 18.2 Å². The molecule has 1 N–H and O–H groups in total. The molecule has 0 radical (unpaired) electrons. The number of aromatic nitrogens is 2. The van der Waals surface area contributed by atoms with E-state index in [2.05, 4.69) is 10.4 Å². The maximum absolute atomic E-state index is 13.2. The molecule has 0 aliphatic carbocycles. The number of nitro groups is 1. The van der Waals surface area contributed by atoms with Crippen LogP contribution in [-0.4, -0.2) is 27.2 Å². The lowest BCUT2D eigenvalue weighted by Gasteiger charge is -2.12. The van der Waals surface area contributed by atoms with E-state index in [1.807, 2.05) is 13.8 Å². The minimum Gasteiger partial charge on any atom is -0.477 e. The zero-order valence-electron chi connectivity index (χ0n) is 12.5. The van der Waals surface area contributed by atoms with Gasteiger partial charge in [-0.15, -0.1) is 0 Å². The van der Waals surface area contributed by atoms with Crippen molar-refractivity contribution in [1.82, 2.24) is 9.78 Å². The van der Waals surface area contributed by atoms with Crippen molar-refractivity contribution in [2.75, 3.05) is 11.9 Å². The lowest BCUT2D eigenvalue weighted by atomic mass is 10.3. The van der Waals surface area contributed by atoms with Crippen LogP contribution in [0.2, 0.25) is 0 Å². The topological polar surface area (TPSA) is 99.3 Å². The SMILES string of the molecule is CC(C)n1nccc1NC(=O)COc1cc(F)ccc1[N+](=O)[O-]. The van der Waals surface area contributed by atoms with Gasteiger partial charge in [0.2, 0.25) is 5.75 Å². The Labute approximate surface area is 131 Å². The average molecular weight is 322 g/mol. The number of nitrogens with one attached hydrogen (secondary N) is 1. The predicted molar refractivity (Wildman–Crippen MR) is 79.8 cm³/mol. The third-order valence-corrected chi connectivity index (χ3v) is 2.90. The van der Waals surface area contributed by atoms with Crippen molar-refractivity contribution in [2.24, 2.45) is 0 Å². The third kappa shape index (κ3) is 4.02. The summed E-state index contributed by atoms with van der Waals surface area (Å²) in [6.45, 7) is 3.30. The summed E-state index contributed by atoms with van der Waals surface area (Å²) in [6.07, 6.45) is 1.54. The average Bonchev–Trinajstić information content (AvgIpc) is 2.93. The molecule has 1 heterocycles. The number of hydrogen-bond donors (Lipinski definition) is 1. The van der Waals surface area contributed by atoms with E-state index in [1.54, 1.807) is 10.7 Å². The van der Waals surface area contributed by atoms with Crippen LogP contribution in [0.4, 0.5) is 15.9 Å². The highest BCUT2D eigenvalue weighted by atomic mass is 19.1. The first-order valence-electron chi connectivity index (χ1n) is 6.78. The van der Waals surface area contributed by atoms with Crippen molar-refractivity contribution in [3.8, 4) is 5.75 Å². The number of benzene rings is 1. The van der Waals surface area contributed by atoms with Gasteiger partial charge in [0.05, 0.1) is 11.1 Å². The summed E-state index contributed by atoms with van der Waals surface area (Å²) in [5.41, 5.74) is -0.411. The van der Waals surface area contributed by atoms with E-state index in [4.69, 9.17) is 4.74 Å². The van der Waals surface area contributed by atoms with Gasteiger partial charge in [-0.05, 0) is 19.9 Å². The molecule has 1 aromatic heterocycles. The minimum absolute atomic E-state index is 0.0468. The Bertz CT molecular complexity index is 729. The molecule has 122 valence electrons. The molecule has 0 saturated heterocycles. The standard InChI is InChI=1S/C14H15FN4O4/c1-9(2)18-13(5-6-16-18)17-14(20)8-23-12-7-10(15)3-4-11(12)19(21)22/h3-7,9H,8H2,1-2H3,(H,17,20). The number of carbonyl (C=O) groups excluding carboxylic acids is 1. The third-order valence-electron chi connectivity index (χ3n) is 2.90. The second-order valence-electron chi connectivity index (χ2n) is 4.96. The molecule has 0 aliphatic rings. The van der Waals surface area contributed by atoms with Gasteiger partial charge in [-0.25, -0.2) is 9.07 Å². The molecule has 0 spiro atoms. The van der Waals surface area contributed by atoms with Crippen LogP contribution in [-0.2, 0) is 4.79 Å². The maximum atomic E-state index is 13.2. The van der Waals surface area contributed by atoms with Crippen molar-refractivity contribution in [2.45, 2.75) is 19.9 Å². The number of nitro benzene ring substituents is 1. The highest BCUT2D eigenvalue weighted by Gasteiger charge is 2.17. The molecule has 2 rings (SSSR count). The fourth-order valence-electron chi connectivity index (χ4n) is 1.90. The van der Waals surface area contributed by atoms with Gasteiger partial charge in [0.15, 0.2) is 6.61 Å². The van der Waals surface area contributed by atoms with E-state index >= 15 is 0 Å². The molecule has 8 nitrogen and oxygen atoms in total. The molecule has 0 unspecified atom stereocenters. The Hall–Kier alpha value is -2.97. The normalized spacial score (nSPS) is 10.6. The Kier molecular flexibility index (Phi) is 4.89. The van der Waals surface area contributed by atoms with Gasteiger partial charge < -0.3 is 10.1 Å². The van der Waals surface area contributed by atoms with Gasteiger partial charge >= 0.3 is 5.69 Å². The maximum Gasteiger partial charge on any atom is 0.311 e. The first-order valence-corrected chi connectivity index (χ1v) is 6.78. The number of rotatable bonds is 6. The second kappa shape index (κ2) is 6.86. The fraction of sp³-hybridized carbons (Fsp3) is 0.286. The summed E-state index contributed by atoms with van der Waals surface area (Å²) in [6, 6.07) is 4.46. The molecule has 23 heavy (non-hydrogen) atoms. The van der Waals surface area contributed by atoms with Crippen LogP contribution in [0.25, 0.3) is 0 Å². The number of anilines is 1. The molecule has 0 saturated carbocycles. The van der Waals surface area contributed by atoms with Crippen molar-refractivity contribution in [3.05, 3.63) is 46.4 Å². The summed E-state index contributed by atoms with van der Waals surface area (Å²) >= 11 is 0. The van der Waals surface area contributed by atoms with Crippen molar-refractivity contribution >= 4 is 17.4 Å². The lowest BCUT2D eigenvalue weighted by molar-refractivity contribution is -0.385. The van der Waals surface area contributed by atoms with E-state index in [9.17, 15) is 19.3 Å². The van der Waals surface area contributed by atoms with E-state index in [0.29, 0.717) is 5.82 Å². The second-order valence-corrected chi connectivity index (χ2v) is 4.96. The number of hydrogen-bond acceptors (Lipinski definition) is 5. The van der Waals surface area contributed by atoms with Crippen LogP contribution < -0.4 is 10.1 Å². The largest absolute Gasteiger partial charge is 0.477 e. The quantitative estimate of drug-likeness (QED) is 0.651. The van der Waals surface area contributed by atoms with E-state index in [1.165, 1.54) is 6.20 Å². The number of nitrogens with zero attached hydrogens (tertiary/aromatic N) is 3. The summed E-state index contributed by atoms with van der Waals surface area (Å²) in [4.78, 5) is 22.0. The van der Waals surface area contributed by atoms with Gasteiger partial charge in [-0.2, -0.15) is 5.10 Å². The van der Waals surface area contributed by atoms with Crippen LogP contribution in [0.1, 0.15) is 19.9 Å². The molecular formula is C14H15FN4O4. The molecule has 9 heteroatoms. The van der Waals surface area contributed by atoms with Gasteiger partial charge in [-0.1, -0.05) is 0 Å². The smallest absolute Gasteiger partial charge is 0.311 e. The fourth-order valence-corrected chi connectivity index (χ4v) is 1.90. The van der Waals surface area contributed by atoms with Crippen LogP contribution in [0, 0.1) is 15.9 Å². The first kappa shape index (κ1) is 16.4. The summed E-state index contributed by atoms with van der Waals surface area (Å²) < 4.78 is 19.8. The molecule has 0 aliphatic heterocycles. The molecule has 0 atom stereocenters. The molecule has 2 aromatic rings. The Morgan fingerprint density at radius 3 is 2.87 bits per heavy atom. The van der Waals surface area contributed by atoms with Gasteiger partial charge in [0.25, 0.3) is 5.91 Å². The molecular weight excluding hydrogens is 307 g/mol. The summed E-state index contributed by atoms with van der Waals surface area (Å²) in [7, 11) is 0. The van der Waals surface area contributed by atoms with E-state index < -0.39 is 28.9 Å². The predicted octanol–water partition coefficient (Wildman–Crippen LogP) is 2.53. The Morgan fingerprint density at radius 1 is 1.48 bits per heavy atom. The monoisotopic (exact) mass is 322 g/mol. The van der Waals surface area contributed by atoms with Crippen molar-refractivity contribution in [3.63, 3.8) is 0 Å². The molecule has 0 bridgehead atoms. The molecule has 1 aromatic carbocycles. The summed E-state index contributed by atoms with van der Waals surface area (Å²) in [5.74, 6) is -1.06. The van der Waals surface area contributed by atoms with Crippen LogP contribution >= 0.6 is 0 Å². The zero-order valence-corrected chi connectivity index (χ0v) is 12.5. The van der Waals surface area contributed by atoms with Crippen LogP contribution in [0.3, 0.4) is 0 Å². The van der Waals surface area contributed by atoms with Gasteiger partial charge in [0.1, 0.15) is 11.6 Å². The first-order chi connectivity index (χ1) is 10.9. The number of ether oxygens (including phenoxy) is 1. The molecule has 0 fully saturated rings. The zero-order chi connectivity index (χ0) is 17.0. The van der Waals surface area contributed by atoms with Crippen LogP contribution in [0.5, 0.6) is 5.75 Å². The highest BCUT2D eigenvalue weighted by Crippen LogP contribution is 2.27. The van der Waals surface area contributed by atoms with Crippen molar-refractivity contribution in [1.29, 1.82) is 0 Å². The lowest BCUT2D eigenvalue weighted by Crippen LogP contribution is -2.22. The number of amides is 1. The Balaban J connectivity index is 2.04. The summed E-state index contributed by atoms with van der Waals surface area (Å²) in [5, 5.41) is 17.5. The minimum atomic E-state index is -0.708. The number of carbonyl (C=O) groups is 1. The van der Waals surface area contributed by atoms with Crippen LogP contribution in [0.15, 0.2) is 30.5 Å². The number of halogens is 1.